The summed E-state index contributed by atoms with van der Waals surface area (Å²) in [4.78, 5) is 20.8. The summed E-state index contributed by atoms with van der Waals surface area (Å²) in [7, 11) is -10.2. The lowest BCUT2D eigenvalue weighted by molar-refractivity contribution is -0.432. The summed E-state index contributed by atoms with van der Waals surface area (Å²) >= 11 is 24.0. The van der Waals surface area contributed by atoms with Crippen LogP contribution in [0.5, 0.6) is 5.75 Å². The molecule has 0 aliphatic rings. The largest absolute Gasteiger partial charge is 0.505 e. The molecule has 9 N–H and O–H groups in total. The van der Waals surface area contributed by atoms with Crippen molar-refractivity contribution in [2.75, 3.05) is 16.4 Å². The fourth-order valence-corrected chi connectivity index (χ4v) is 7.85. The highest BCUT2D eigenvalue weighted by Gasteiger charge is 2.26. The van der Waals surface area contributed by atoms with E-state index in [0.29, 0.717) is 12.0 Å². The van der Waals surface area contributed by atoms with E-state index in [9.17, 15) is 31.0 Å². The third kappa shape index (κ3) is 11.3. The van der Waals surface area contributed by atoms with Crippen LogP contribution in [0.15, 0.2) is 88.6 Å². The van der Waals surface area contributed by atoms with Crippen LogP contribution < -0.4 is 16.4 Å². The first-order chi connectivity index (χ1) is 29.3. The van der Waals surface area contributed by atoms with Gasteiger partial charge >= 0.3 is 0 Å². The quantitative estimate of drug-likeness (QED) is 0.0112. The van der Waals surface area contributed by atoms with Gasteiger partial charge in [-0.05, 0) is 100 Å². The van der Waals surface area contributed by atoms with Gasteiger partial charge in [0.15, 0.2) is 5.75 Å². The van der Waals surface area contributed by atoms with E-state index in [1.165, 1.54) is 24.3 Å². The number of phenolic OH excluding ortho intramolecular Hbond substituents is 1. The Hall–Kier alpha value is -5.00. The van der Waals surface area contributed by atoms with Crippen LogP contribution in [0.4, 0.5) is 51.7 Å². The van der Waals surface area contributed by atoms with Gasteiger partial charge in [-0.15, -0.1) is 29.1 Å². The lowest BCUT2D eigenvalue weighted by Gasteiger charge is -2.14. The molecule has 4 aromatic carbocycles. The number of nitrogen functional groups attached to an aromatic ring is 1. The molecule has 0 aliphatic heterocycles. The number of benzene rings is 4. The average molecular weight is 1010 g/mol. The number of phenols is 1. The predicted octanol–water partition coefficient (Wildman–Crippen LogP) is 8.78. The predicted molar refractivity (Wildman–Crippen MR) is 218 cm³/mol. The maximum atomic E-state index is 12.7. The van der Waals surface area contributed by atoms with Crippen LogP contribution in [0.2, 0.25) is 21.1 Å². The van der Waals surface area contributed by atoms with Gasteiger partial charge in [-0.3, -0.25) is 9.11 Å². The molecular weight excluding hydrogens is 996 g/mol. The first-order valence-electron chi connectivity index (χ1n) is 15.5. The number of anilines is 5. The van der Waals surface area contributed by atoms with Crippen molar-refractivity contribution in [3.8, 4) is 5.75 Å². The molecule has 2 aromatic heterocycles. The minimum Gasteiger partial charge on any atom is -0.505 e. The van der Waals surface area contributed by atoms with Gasteiger partial charge in [-0.1, -0.05) is 10.1 Å². The fourth-order valence-electron chi connectivity index (χ4n) is 4.94. The van der Waals surface area contributed by atoms with E-state index in [4.69, 9.17) is 62.7 Å². The molecule has 6 aromatic rings. The number of nitrogens with zero attached hydrogens (tertiary/aromatic N) is 10. The third-order valence-electron chi connectivity index (χ3n) is 7.29. The van der Waals surface area contributed by atoms with E-state index in [2.05, 4.69) is 79.7 Å². The Morgan fingerprint density at radius 1 is 0.613 bits per heavy atom. The van der Waals surface area contributed by atoms with E-state index < -0.39 is 63.9 Å². The summed E-state index contributed by atoms with van der Waals surface area (Å²) in [5.41, 5.74) is 4.02. The van der Waals surface area contributed by atoms with Crippen molar-refractivity contribution in [2.24, 2.45) is 20.5 Å². The van der Waals surface area contributed by atoms with Gasteiger partial charge in [0.1, 0.15) is 32.5 Å². The summed E-state index contributed by atoms with van der Waals surface area (Å²) in [6, 6.07) is 9.20. The van der Waals surface area contributed by atoms with Gasteiger partial charge in [0.2, 0.25) is 33.0 Å². The number of nitrogens with one attached hydrogen (secondary N) is 2. The standard InChI is InChI=1S/C28H17Cl4N13O13S4/c29-23-36-24(30)39-27(38-23)34-10-1-3-14(59-57-55-47)12(7-10)42-45-21-17(62(52,53)54)6-9-5-15(60-58-56-48)20(22(46)18(9)19(21)33)44-43-13-8-11(2-4-16(13)61(49,50)51)35-28-40-25(31)37-26(32)41-28/h1-8,46-48H,33H2,(H,49,50,51)(H,52,53,54)(H,34,36,38,39)(H,35,37,40,41)/b44-43+,45-42+. The number of rotatable bonds is 16. The summed E-state index contributed by atoms with van der Waals surface area (Å²) in [6.45, 7) is 0. The summed E-state index contributed by atoms with van der Waals surface area (Å²) in [6.07, 6.45) is 0. The van der Waals surface area contributed by atoms with E-state index in [1.54, 1.807) is 0 Å². The maximum absolute atomic E-state index is 12.7. The van der Waals surface area contributed by atoms with Gasteiger partial charge in [-0.25, -0.2) is 10.5 Å². The number of aromatic hydroxyl groups is 1. The summed E-state index contributed by atoms with van der Waals surface area (Å²) < 4.78 is 79.4. The number of hydrogen-bond donors (Lipinski definition) is 8. The van der Waals surface area contributed by atoms with E-state index >= 15 is 0 Å². The Kier molecular flexibility index (Phi) is 14.7. The lowest BCUT2D eigenvalue weighted by atomic mass is 10.1. The van der Waals surface area contributed by atoms with Gasteiger partial charge in [0.05, 0.1) is 45.0 Å². The van der Waals surface area contributed by atoms with Crippen LogP contribution in [0.1, 0.15) is 0 Å². The molecule has 0 saturated heterocycles. The van der Waals surface area contributed by atoms with Crippen LogP contribution in [0.25, 0.3) is 10.8 Å². The highest BCUT2D eigenvalue weighted by atomic mass is 35.5. The summed E-state index contributed by atoms with van der Waals surface area (Å²) in [5, 5.41) is 56.3. The number of nitrogens with two attached hydrogens (primary N) is 1. The van der Waals surface area contributed by atoms with Crippen molar-refractivity contribution >= 4 is 153 Å². The maximum Gasteiger partial charge on any atom is 0.296 e. The van der Waals surface area contributed by atoms with Gasteiger partial charge in [0, 0.05) is 11.4 Å². The minimum absolute atomic E-state index is 0.0498. The van der Waals surface area contributed by atoms with Crippen LogP contribution in [0, 0.1) is 0 Å². The Labute approximate surface area is 373 Å². The molecule has 0 aliphatic carbocycles. The average Bonchev–Trinajstić information content (AvgIpc) is 3.17. The number of azo groups is 2. The van der Waals surface area contributed by atoms with Gasteiger partial charge in [0.25, 0.3) is 20.2 Å². The molecule has 0 fully saturated rings. The minimum atomic E-state index is -5.20. The molecule has 0 atom stereocenters. The topological polar surface area (TPSA) is 383 Å². The Balaban J connectivity index is 1.50. The number of fused-ring (bicyclic) bond motifs is 1. The van der Waals surface area contributed by atoms with Crippen molar-refractivity contribution in [3.05, 3.63) is 69.7 Å². The van der Waals surface area contributed by atoms with Gasteiger partial charge in [-0.2, -0.15) is 46.7 Å². The number of halogens is 4. The smallest absolute Gasteiger partial charge is 0.296 e. The normalized spacial score (nSPS) is 12.2. The lowest BCUT2D eigenvalue weighted by Crippen LogP contribution is -2.02. The second kappa shape index (κ2) is 19.6. The van der Waals surface area contributed by atoms with E-state index in [1.807, 2.05) is 0 Å². The monoisotopic (exact) mass is 1010 g/mol. The van der Waals surface area contributed by atoms with Crippen molar-refractivity contribution in [1.82, 2.24) is 29.9 Å². The van der Waals surface area contributed by atoms with E-state index in [0.717, 1.165) is 24.3 Å². The van der Waals surface area contributed by atoms with Crippen molar-refractivity contribution < 1.29 is 60.3 Å². The fraction of sp³-hybridized carbons (Fsp3) is 0. The number of hydrogen-bond acceptors (Lipinski definition) is 26. The van der Waals surface area contributed by atoms with Crippen LogP contribution in [-0.2, 0) is 39.0 Å². The van der Waals surface area contributed by atoms with E-state index in [-0.39, 0.29) is 77.3 Å². The molecule has 62 heavy (non-hydrogen) atoms. The highest BCUT2D eigenvalue weighted by molar-refractivity contribution is 7.95. The zero-order valence-electron chi connectivity index (χ0n) is 29.3. The van der Waals surface area contributed by atoms with Crippen LogP contribution in [0.3, 0.4) is 0 Å². The molecule has 0 bridgehead atoms. The first-order valence-corrected chi connectivity index (χ1v) is 21.4. The SMILES string of the molecule is Nc1c(/N=N/c2cc(Nc3nc(Cl)nc(Cl)n3)ccc2SOOO)c(S(=O)(=O)O)cc2cc(SOOO)c(/N=N/c3cc(Nc4nc(Cl)nc(Cl)n4)ccc3S(=O)(=O)O)c(O)c12. The molecule has 0 amide bonds. The molecule has 324 valence electrons. The Morgan fingerprint density at radius 2 is 1.10 bits per heavy atom. The van der Waals surface area contributed by atoms with Crippen molar-refractivity contribution in [2.45, 2.75) is 19.6 Å². The molecule has 0 saturated carbocycles. The molecular formula is C28H17Cl4N13O13S4. The zero-order chi connectivity index (χ0) is 44.9. The molecule has 0 radical (unpaired) electrons. The Morgan fingerprint density at radius 3 is 1.63 bits per heavy atom. The molecule has 2 heterocycles. The molecule has 6 rings (SSSR count). The molecule has 26 nitrogen and oxygen atoms in total. The Bertz CT molecular complexity index is 2980. The molecule has 34 heteroatoms. The van der Waals surface area contributed by atoms with Gasteiger partial charge < -0.3 is 21.5 Å². The zero-order valence-corrected chi connectivity index (χ0v) is 35.6. The third-order valence-corrected chi connectivity index (χ3v) is 11.0. The second-order valence-corrected chi connectivity index (χ2v) is 16.7. The molecule has 0 spiro atoms. The number of aromatic nitrogens is 6. The molecule has 0 unspecified atom stereocenters. The summed E-state index contributed by atoms with van der Waals surface area (Å²) in [5.74, 6) is -1.18. The second-order valence-electron chi connectivity index (χ2n) is 11.1. The van der Waals surface area contributed by atoms with Crippen LogP contribution in [-0.4, -0.2) is 71.5 Å². The highest BCUT2D eigenvalue weighted by Crippen LogP contribution is 2.50. The van der Waals surface area contributed by atoms with Crippen molar-refractivity contribution in [1.29, 1.82) is 0 Å². The van der Waals surface area contributed by atoms with Crippen molar-refractivity contribution in [3.63, 3.8) is 0 Å². The van der Waals surface area contributed by atoms with Crippen LogP contribution >= 0.6 is 70.5 Å². The first kappa shape index (κ1) is 46.5.